The third-order valence-electron chi connectivity index (χ3n) is 7.29. The van der Waals surface area contributed by atoms with Crippen LogP contribution in [-0.4, -0.2) is 24.2 Å². The number of allylic oxidation sites excluding steroid dienone is 2. The largest absolute Gasteiger partial charge is 0.485 e. The van der Waals surface area contributed by atoms with E-state index >= 15 is 0 Å². The molecule has 31 heavy (non-hydrogen) atoms. The van der Waals surface area contributed by atoms with Crippen LogP contribution in [0.1, 0.15) is 16.8 Å². The van der Waals surface area contributed by atoms with Crippen molar-refractivity contribution in [2.24, 2.45) is 35.5 Å². The number of halogens is 1. The Labute approximate surface area is 184 Å². The average molecular weight is 434 g/mol. The Morgan fingerprint density at radius 3 is 2.06 bits per heavy atom. The zero-order chi connectivity index (χ0) is 21.3. The smallest absolute Gasteiger partial charge is 0.238 e. The molecule has 2 aromatic rings. The molecule has 1 aliphatic heterocycles. The molecule has 0 aromatic heterocycles. The zero-order valence-electron chi connectivity index (χ0n) is 16.6. The van der Waals surface area contributed by atoms with Gasteiger partial charge in [0.15, 0.2) is 12.4 Å². The Hall–Kier alpha value is -2.92. The minimum Gasteiger partial charge on any atom is -0.485 e. The fraction of sp³-hybridized carbons (Fsp3) is 0.320. The standard InChI is InChI=1S/C25H20ClNO4/c26-14-3-1-13(2-4-14)21(28)12-31-16-7-5-15(6-8-16)27-24(29)22-17-9-10-18(20-11-19(17)20)23(22)25(27)30/h1-10,17-20,22-23H,11-12H2/t17?,18?,19-,20+,22?,23?. The van der Waals surface area contributed by atoms with Crippen LogP contribution in [0, 0.1) is 35.5 Å². The molecule has 2 aromatic carbocycles. The van der Waals surface area contributed by atoms with E-state index < -0.39 is 0 Å². The molecule has 2 amide bonds. The highest BCUT2D eigenvalue weighted by atomic mass is 35.5. The van der Waals surface area contributed by atoms with E-state index in [-0.39, 0.29) is 47.9 Å². The first-order valence-electron chi connectivity index (χ1n) is 10.6. The van der Waals surface area contributed by atoms with E-state index in [0.717, 1.165) is 6.42 Å². The van der Waals surface area contributed by atoms with E-state index in [2.05, 4.69) is 12.2 Å². The van der Waals surface area contributed by atoms with Gasteiger partial charge in [0, 0.05) is 10.6 Å². The number of amides is 2. The van der Waals surface area contributed by atoms with Crippen LogP contribution < -0.4 is 9.64 Å². The summed E-state index contributed by atoms with van der Waals surface area (Å²) >= 11 is 5.85. The second-order valence-corrected chi connectivity index (χ2v) is 9.32. The summed E-state index contributed by atoms with van der Waals surface area (Å²) in [5.74, 6) is 1.37. The maximum atomic E-state index is 13.2. The van der Waals surface area contributed by atoms with Gasteiger partial charge in [-0.2, -0.15) is 0 Å². The molecule has 7 rings (SSSR count). The van der Waals surface area contributed by atoms with Gasteiger partial charge in [-0.15, -0.1) is 0 Å². The van der Waals surface area contributed by atoms with Gasteiger partial charge in [-0.05, 0) is 78.6 Å². The van der Waals surface area contributed by atoms with Crippen molar-refractivity contribution in [1.82, 2.24) is 0 Å². The predicted molar refractivity (Wildman–Crippen MR) is 115 cm³/mol. The molecule has 1 saturated heterocycles. The Morgan fingerprint density at radius 1 is 0.903 bits per heavy atom. The van der Waals surface area contributed by atoms with Crippen LogP contribution in [0.25, 0.3) is 0 Å². The number of rotatable bonds is 5. The second kappa shape index (κ2) is 6.79. The number of hydrogen-bond donors (Lipinski definition) is 0. The van der Waals surface area contributed by atoms with Crippen molar-refractivity contribution in [3.8, 4) is 5.75 Å². The first-order valence-corrected chi connectivity index (χ1v) is 11.0. The molecule has 1 heterocycles. The molecule has 5 aliphatic rings. The summed E-state index contributed by atoms with van der Waals surface area (Å²) in [6, 6.07) is 13.5. The minimum absolute atomic E-state index is 0.0775. The summed E-state index contributed by atoms with van der Waals surface area (Å²) in [4.78, 5) is 40.0. The van der Waals surface area contributed by atoms with Crippen molar-refractivity contribution in [3.63, 3.8) is 0 Å². The number of Topliss-reactive ketones (excluding diaryl/α,β-unsaturated/α-hetero) is 1. The summed E-state index contributed by atoms with van der Waals surface area (Å²) in [6.07, 6.45) is 5.49. The number of nitrogens with zero attached hydrogens (tertiary/aromatic N) is 1. The van der Waals surface area contributed by atoms with Gasteiger partial charge in [-0.25, -0.2) is 0 Å². The van der Waals surface area contributed by atoms with Crippen LogP contribution in [0.2, 0.25) is 5.02 Å². The third kappa shape index (κ3) is 2.87. The number of anilines is 1. The molecular weight excluding hydrogens is 414 g/mol. The third-order valence-corrected chi connectivity index (χ3v) is 7.55. The Kier molecular flexibility index (Phi) is 4.12. The van der Waals surface area contributed by atoms with E-state index in [1.165, 1.54) is 4.90 Å². The van der Waals surface area contributed by atoms with E-state index in [1.54, 1.807) is 48.5 Å². The summed E-state index contributed by atoms with van der Waals surface area (Å²) in [6.45, 7) is -0.107. The number of hydrogen-bond acceptors (Lipinski definition) is 4. The fourth-order valence-electron chi connectivity index (χ4n) is 5.77. The Morgan fingerprint density at radius 2 is 1.48 bits per heavy atom. The molecule has 156 valence electrons. The molecule has 2 bridgehead atoms. The molecule has 0 spiro atoms. The molecular formula is C25H20ClNO4. The maximum Gasteiger partial charge on any atom is 0.238 e. The molecule has 5 nitrogen and oxygen atoms in total. The second-order valence-electron chi connectivity index (χ2n) is 8.88. The van der Waals surface area contributed by atoms with Gasteiger partial charge in [-0.1, -0.05) is 23.8 Å². The monoisotopic (exact) mass is 433 g/mol. The van der Waals surface area contributed by atoms with Crippen LogP contribution >= 0.6 is 11.6 Å². The molecule has 2 saturated carbocycles. The topological polar surface area (TPSA) is 63.7 Å². The van der Waals surface area contributed by atoms with Crippen LogP contribution in [0.4, 0.5) is 5.69 Å². The van der Waals surface area contributed by atoms with Crippen LogP contribution in [0.15, 0.2) is 60.7 Å². The number of carbonyl (C=O) groups excluding carboxylic acids is 3. The highest BCUT2D eigenvalue weighted by Crippen LogP contribution is 2.65. The highest BCUT2D eigenvalue weighted by Gasteiger charge is 2.67. The minimum atomic E-state index is -0.209. The Balaban J connectivity index is 1.16. The van der Waals surface area contributed by atoms with Gasteiger partial charge in [0.05, 0.1) is 17.5 Å². The van der Waals surface area contributed by atoms with Gasteiger partial charge in [0.1, 0.15) is 5.75 Å². The molecule has 6 atom stereocenters. The van der Waals surface area contributed by atoms with Crippen LogP contribution in [-0.2, 0) is 9.59 Å². The summed E-state index contributed by atoms with van der Waals surface area (Å²) < 4.78 is 5.60. The number of carbonyl (C=O) groups is 3. The van der Waals surface area contributed by atoms with Gasteiger partial charge in [-0.3, -0.25) is 19.3 Å². The number of imide groups is 1. The first-order chi connectivity index (χ1) is 15.0. The fourth-order valence-corrected chi connectivity index (χ4v) is 5.90. The molecule has 0 N–H and O–H groups in total. The first kappa shape index (κ1) is 18.8. The van der Waals surface area contributed by atoms with Gasteiger partial charge < -0.3 is 4.74 Å². The summed E-state index contributed by atoms with van der Waals surface area (Å²) in [7, 11) is 0. The zero-order valence-corrected chi connectivity index (χ0v) is 17.4. The summed E-state index contributed by atoms with van der Waals surface area (Å²) in [5, 5.41) is 0.569. The van der Waals surface area contributed by atoms with E-state index in [4.69, 9.17) is 16.3 Å². The van der Waals surface area contributed by atoms with E-state index in [0.29, 0.717) is 33.9 Å². The van der Waals surface area contributed by atoms with E-state index in [1.807, 2.05) is 0 Å². The van der Waals surface area contributed by atoms with Crippen molar-refractivity contribution < 1.29 is 19.1 Å². The summed E-state index contributed by atoms with van der Waals surface area (Å²) in [5.41, 5.74) is 1.09. The van der Waals surface area contributed by atoms with Crippen molar-refractivity contribution in [3.05, 3.63) is 71.3 Å². The highest BCUT2D eigenvalue weighted by molar-refractivity contribution is 6.30. The molecule has 0 radical (unpaired) electrons. The normalized spacial score (nSPS) is 32.1. The lowest BCUT2D eigenvalue weighted by Gasteiger charge is -2.37. The SMILES string of the molecule is O=C(COc1ccc(N2C(=O)C3C(C2=O)C2C=CC3[C@H]3C[C@@H]23)cc1)c1ccc(Cl)cc1. The number of ketones is 1. The van der Waals surface area contributed by atoms with Crippen molar-refractivity contribution in [2.75, 3.05) is 11.5 Å². The lowest BCUT2D eigenvalue weighted by molar-refractivity contribution is -0.124. The Bertz CT molecular complexity index is 1090. The van der Waals surface area contributed by atoms with Gasteiger partial charge in [0.2, 0.25) is 11.8 Å². The predicted octanol–water partition coefficient (Wildman–Crippen LogP) is 4.16. The van der Waals surface area contributed by atoms with Gasteiger partial charge in [0.25, 0.3) is 0 Å². The van der Waals surface area contributed by atoms with Crippen LogP contribution in [0.5, 0.6) is 5.75 Å². The number of benzene rings is 2. The quantitative estimate of drug-likeness (QED) is 0.403. The molecule has 4 aliphatic carbocycles. The van der Waals surface area contributed by atoms with E-state index in [9.17, 15) is 14.4 Å². The number of ether oxygens (including phenoxy) is 1. The van der Waals surface area contributed by atoms with Crippen molar-refractivity contribution in [1.29, 1.82) is 0 Å². The van der Waals surface area contributed by atoms with Crippen molar-refractivity contribution in [2.45, 2.75) is 6.42 Å². The molecule has 3 fully saturated rings. The van der Waals surface area contributed by atoms with Gasteiger partial charge >= 0.3 is 0 Å². The lowest BCUT2D eigenvalue weighted by Crippen LogP contribution is -2.40. The average Bonchev–Trinajstić information content (AvgIpc) is 3.56. The van der Waals surface area contributed by atoms with Crippen LogP contribution in [0.3, 0.4) is 0 Å². The lowest BCUT2D eigenvalue weighted by atomic mass is 9.63. The van der Waals surface area contributed by atoms with Crippen molar-refractivity contribution >= 4 is 34.9 Å². The molecule has 4 unspecified atom stereocenters. The maximum absolute atomic E-state index is 13.2. The molecule has 6 heteroatoms.